The molecule has 0 spiro atoms. The molecular formula is C19H23N3O2S. The number of nitrogens with zero attached hydrogens (tertiary/aromatic N) is 2. The van der Waals surface area contributed by atoms with Gasteiger partial charge in [0.15, 0.2) is 5.13 Å². The molecule has 5 nitrogen and oxygen atoms in total. The number of hydrogen-bond donors (Lipinski definition) is 1. The molecule has 0 aliphatic heterocycles. The van der Waals surface area contributed by atoms with E-state index in [2.05, 4.69) is 10.3 Å². The highest BCUT2D eigenvalue weighted by molar-refractivity contribution is 7.13. The predicted molar refractivity (Wildman–Crippen MR) is 99.7 cm³/mol. The number of hydrogen-bond acceptors (Lipinski definition) is 4. The van der Waals surface area contributed by atoms with Crippen LogP contribution < -0.4 is 5.32 Å². The highest BCUT2D eigenvalue weighted by atomic mass is 32.1. The molecule has 2 aromatic rings. The average molecular weight is 357 g/mol. The molecule has 3 rings (SSSR count). The molecule has 132 valence electrons. The van der Waals surface area contributed by atoms with E-state index in [1.54, 1.807) is 4.90 Å². The number of aromatic nitrogens is 1. The minimum Gasteiger partial charge on any atom is -0.330 e. The van der Waals surface area contributed by atoms with E-state index in [0.717, 1.165) is 30.5 Å². The van der Waals surface area contributed by atoms with Gasteiger partial charge >= 0.3 is 0 Å². The van der Waals surface area contributed by atoms with Crippen LogP contribution in [0.1, 0.15) is 43.4 Å². The van der Waals surface area contributed by atoms with Gasteiger partial charge < -0.3 is 10.2 Å². The molecule has 1 aromatic carbocycles. The van der Waals surface area contributed by atoms with E-state index in [1.807, 2.05) is 49.6 Å². The van der Waals surface area contributed by atoms with Crippen molar-refractivity contribution >= 4 is 28.3 Å². The van der Waals surface area contributed by atoms with Crippen LogP contribution >= 0.6 is 11.3 Å². The second kappa shape index (κ2) is 7.78. The molecule has 0 bridgehead atoms. The van der Waals surface area contributed by atoms with Crippen molar-refractivity contribution in [2.45, 2.75) is 45.1 Å². The van der Waals surface area contributed by atoms with Crippen molar-refractivity contribution in [2.75, 3.05) is 11.9 Å². The fraction of sp³-hybridized carbons (Fsp3) is 0.421. The van der Waals surface area contributed by atoms with Crippen LogP contribution in [0, 0.1) is 6.92 Å². The molecule has 1 aliphatic carbocycles. The summed E-state index contributed by atoms with van der Waals surface area (Å²) in [7, 11) is 0. The summed E-state index contributed by atoms with van der Waals surface area (Å²) in [6.45, 7) is 3.99. The molecule has 1 aliphatic rings. The van der Waals surface area contributed by atoms with E-state index in [1.165, 1.54) is 11.3 Å². The Balaban J connectivity index is 1.69. The lowest BCUT2D eigenvalue weighted by Gasteiger charge is -2.26. The van der Waals surface area contributed by atoms with Gasteiger partial charge in [-0.05, 0) is 31.7 Å². The van der Waals surface area contributed by atoms with Crippen molar-refractivity contribution in [3.05, 3.63) is 47.0 Å². The zero-order valence-electron chi connectivity index (χ0n) is 14.6. The van der Waals surface area contributed by atoms with Crippen molar-refractivity contribution in [3.8, 4) is 0 Å². The number of aryl methyl sites for hydroxylation is 1. The van der Waals surface area contributed by atoms with Crippen molar-refractivity contribution in [1.82, 2.24) is 9.88 Å². The van der Waals surface area contributed by atoms with E-state index < -0.39 is 0 Å². The Hall–Kier alpha value is -2.21. The molecule has 1 fully saturated rings. The zero-order valence-corrected chi connectivity index (χ0v) is 15.4. The van der Waals surface area contributed by atoms with Crippen molar-refractivity contribution < 1.29 is 9.59 Å². The van der Waals surface area contributed by atoms with Gasteiger partial charge in [0.1, 0.15) is 6.54 Å². The number of carbonyl (C=O) groups is 2. The van der Waals surface area contributed by atoms with E-state index in [-0.39, 0.29) is 30.3 Å². The molecule has 0 saturated heterocycles. The van der Waals surface area contributed by atoms with Gasteiger partial charge in [-0.25, -0.2) is 4.98 Å². The molecule has 1 aromatic heterocycles. The number of anilines is 1. The summed E-state index contributed by atoms with van der Waals surface area (Å²) in [6, 6.07) is 10.00. The standard InChI is InChI=1S/C19H23N3O2S/c1-3-16(14-7-5-4-6-8-14)18(24)22(15-9-10-15)11-17(23)21-19-20-13(2)12-25-19/h4-8,12,15-16H,3,9-11H2,1-2H3,(H,20,21,23). The molecule has 1 N–H and O–H groups in total. The third-order valence-corrected chi connectivity index (χ3v) is 5.23. The Morgan fingerprint density at radius 3 is 2.60 bits per heavy atom. The Bertz CT molecular complexity index is 740. The first kappa shape index (κ1) is 17.6. The fourth-order valence-corrected chi connectivity index (χ4v) is 3.64. The van der Waals surface area contributed by atoms with Crippen molar-refractivity contribution in [1.29, 1.82) is 0 Å². The second-order valence-corrected chi connectivity index (χ2v) is 7.27. The highest BCUT2D eigenvalue weighted by Crippen LogP contribution is 2.31. The molecule has 1 heterocycles. The van der Waals surface area contributed by atoms with Crippen LogP contribution in [0.4, 0.5) is 5.13 Å². The largest absolute Gasteiger partial charge is 0.330 e. The van der Waals surface area contributed by atoms with E-state index in [4.69, 9.17) is 0 Å². The topological polar surface area (TPSA) is 62.3 Å². The highest BCUT2D eigenvalue weighted by Gasteiger charge is 2.36. The van der Waals surface area contributed by atoms with Gasteiger partial charge in [0.05, 0.1) is 11.6 Å². The maximum Gasteiger partial charge on any atom is 0.245 e. The average Bonchev–Trinajstić information content (AvgIpc) is 3.37. The maximum atomic E-state index is 13.1. The van der Waals surface area contributed by atoms with Gasteiger partial charge in [0.25, 0.3) is 0 Å². The van der Waals surface area contributed by atoms with Gasteiger partial charge in [-0.15, -0.1) is 11.3 Å². The van der Waals surface area contributed by atoms with E-state index in [0.29, 0.717) is 5.13 Å². The summed E-state index contributed by atoms with van der Waals surface area (Å²) in [6.07, 6.45) is 2.67. The molecule has 1 atom stereocenters. The van der Waals surface area contributed by atoms with E-state index >= 15 is 0 Å². The Morgan fingerprint density at radius 1 is 1.32 bits per heavy atom. The normalized spacial score (nSPS) is 14.8. The van der Waals surface area contributed by atoms with Crippen LogP contribution in [0.25, 0.3) is 0 Å². The van der Waals surface area contributed by atoms with Gasteiger partial charge in [-0.1, -0.05) is 37.3 Å². The lowest BCUT2D eigenvalue weighted by atomic mass is 9.95. The first-order valence-electron chi connectivity index (χ1n) is 8.66. The molecule has 1 saturated carbocycles. The lowest BCUT2D eigenvalue weighted by molar-refractivity contribution is -0.136. The number of nitrogens with one attached hydrogen (secondary N) is 1. The monoisotopic (exact) mass is 357 g/mol. The summed E-state index contributed by atoms with van der Waals surface area (Å²) in [5.74, 6) is -0.337. The first-order chi connectivity index (χ1) is 12.1. The minimum atomic E-state index is -0.197. The number of benzene rings is 1. The SMILES string of the molecule is CCC(C(=O)N(CC(=O)Nc1nc(C)cs1)C1CC1)c1ccccc1. The van der Waals surface area contributed by atoms with Crippen molar-refractivity contribution in [3.63, 3.8) is 0 Å². The predicted octanol–water partition coefficient (Wildman–Crippen LogP) is 3.57. The minimum absolute atomic E-state index is 0.0432. The van der Waals surface area contributed by atoms with Gasteiger partial charge in [-0.3, -0.25) is 9.59 Å². The van der Waals surface area contributed by atoms with Crippen LogP contribution in [-0.2, 0) is 9.59 Å². The summed E-state index contributed by atoms with van der Waals surface area (Å²) in [5.41, 5.74) is 1.89. The van der Waals surface area contributed by atoms with Gasteiger partial charge in [0.2, 0.25) is 11.8 Å². The maximum absolute atomic E-state index is 13.1. The lowest BCUT2D eigenvalue weighted by Crippen LogP contribution is -2.42. The number of rotatable bonds is 7. The Kier molecular flexibility index (Phi) is 5.48. The first-order valence-corrected chi connectivity index (χ1v) is 9.54. The third-order valence-electron chi connectivity index (χ3n) is 4.36. The van der Waals surface area contributed by atoms with Gasteiger partial charge in [0, 0.05) is 11.4 Å². The summed E-state index contributed by atoms with van der Waals surface area (Å²) in [5, 5.41) is 5.28. The zero-order chi connectivity index (χ0) is 17.8. The van der Waals surface area contributed by atoms with Crippen LogP contribution in [0.2, 0.25) is 0 Å². The van der Waals surface area contributed by atoms with Gasteiger partial charge in [-0.2, -0.15) is 0 Å². The third kappa shape index (κ3) is 4.45. The summed E-state index contributed by atoms with van der Waals surface area (Å²) in [4.78, 5) is 31.5. The summed E-state index contributed by atoms with van der Waals surface area (Å²) < 4.78 is 0. The summed E-state index contributed by atoms with van der Waals surface area (Å²) >= 11 is 1.40. The number of amides is 2. The Labute approximate surface area is 152 Å². The smallest absolute Gasteiger partial charge is 0.245 e. The molecule has 6 heteroatoms. The van der Waals surface area contributed by atoms with Crippen LogP contribution in [0.3, 0.4) is 0 Å². The number of thiazole rings is 1. The Morgan fingerprint density at radius 2 is 2.04 bits per heavy atom. The molecule has 2 amide bonds. The fourth-order valence-electron chi connectivity index (χ4n) is 2.94. The van der Waals surface area contributed by atoms with Crippen molar-refractivity contribution in [2.24, 2.45) is 0 Å². The molecule has 0 radical (unpaired) electrons. The number of carbonyl (C=O) groups excluding carboxylic acids is 2. The second-order valence-electron chi connectivity index (χ2n) is 6.41. The van der Waals surface area contributed by atoms with Crippen LogP contribution in [0.15, 0.2) is 35.7 Å². The quantitative estimate of drug-likeness (QED) is 0.824. The molecule has 1 unspecified atom stereocenters. The molecular weight excluding hydrogens is 334 g/mol. The van der Waals surface area contributed by atoms with E-state index in [9.17, 15) is 9.59 Å². The van der Waals surface area contributed by atoms with Crippen LogP contribution in [-0.4, -0.2) is 34.3 Å². The van der Waals surface area contributed by atoms with Crippen LogP contribution in [0.5, 0.6) is 0 Å². The molecule has 25 heavy (non-hydrogen) atoms.